The van der Waals surface area contributed by atoms with Gasteiger partial charge in [0.1, 0.15) is 5.75 Å². The standard InChI is InChI=1S/C14H23O4P/c1-13(2,3)10-8-7-9-11(14(4,5)6)12(10)18-19(15,16)17/h7-9H,1-6H3,(H2,15,16,17). The van der Waals surface area contributed by atoms with E-state index >= 15 is 0 Å². The molecular formula is C14H23O4P. The highest BCUT2D eigenvalue weighted by molar-refractivity contribution is 7.46. The summed E-state index contributed by atoms with van der Waals surface area (Å²) in [6.45, 7) is 11.9. The minimum Gasteiger partial charge on any atom is -0.404 e. The molecule has 0 aliphatic rings. The lowest BCUT2D eigenvalue weighted by molar-refractivity contribution is 0.278. The van der Waals surface area contributed by atoms with E-state index in [2.05, 4.69) is 0 Å². The normalized spacial score (nSPS) is 13.5. The number of phosphoric acid groups is 1. The lowest BCUT2D eigenvalue weighted by Crippen LogP contribution is -2.19. The largest absolute Gasteiger partial charge is 0.524 e. The molecule has 1 rings (SSSR count). The number of phosphoric ester groups is 1. The lowest BCUT2D eigenvalue weighted by atomic mass is 9.80. The molecule has 0 radical (unpaired) electrons. The van der Waals surface area contributed by atoms with Crippen LogP contribution in [0.2, 0.25) is 0 Å². The Balaban J connectivity index is 3.55. The average Bonchev–Trinajstić information content (AvgIpc) is 2.11. The number of rotatable bonds is 2. The highest BCUT2D eigenvalue weighted by Gasteiger charge is 2.30. The van der Waals surface area contributed by atoms with Crippen LogP contribution in [0.25, 0.3) is 0 Å². The highest BCUT2D eigenvalue weighted by Crippen LogP contribution is 2.46. The summed E-state index contributed by atoms with van der Waals surface area (Å²) < 4.78 is 16.2. The van der Waals surface area contributed by atoms with Gasteiger partial charge in [-0.05, 0) is 10.8 Å². The van der Waals surface area contributed by atoms with Crippen LogP contribution in [0, 0.1) is 0 Å². The molecule has 19 heavy (non-hydrogen) atoms. The topological polar surface area (TPSA) is 66.8 Å². The fourth-order valence-electron chi connectivity index (χ4n) is 1.94. The van der Waals surface area contributed by atoms with E-state index in [-0.39, 0.29) is 10.8 Å². The van der Waals surface area contributed by atoms with Gasteiger partial charge in [-0.15, -0.1) is 0 Å². The fourth-order valence-corrected chi connectivity index (χ4v) is 2.37. The van der Waals surface area contributed by atoms with E-state index < -0.39 is 7.82 Å². The first-order valence-corrected chi connectivity index (χ1v) is 7.74. The monoisotopic (exact) mass is 286 g/mol. The molecule has 0 atom stereocenters. The van der Waals surface area contributed by atoms with Crippen LogP contribution >= 0.6 is 7.82 Å². The predicted octanol–water partition coefficient (Wildman–Crippen LogP) is 3.75. The van der Waals surface area contributed by atoms with E-state index in [0.29, 0.717) is 5.75 Å². The third-order valence-corrected chi connectivity index (χ3v) is 3.26. The van der Waals surface area contributed by atoms with Gasteiger partial charge in [-0.1, -0.05) is 59.7 Å². The van der Waals surface area contributed by atoms with E-state index in [1.807, 2.05) is 59.7 Å². The van der Waals surface area contributed by atoms with E-state index in [1.54, 1.807) is 0 Å². The molecular weight excluding hydrogens is 263 g/mol. The maximum Gasteiger partial charge on any atom is 0.524 e. The van der Waals surface area contributed by atoms with Gasteiger partial charge < -0.3 is 4.52 Å². The first-order valence-electron chi connectivity index (χ1n) is 6.21. The molecule has 0 saturated carbocycles. The maximum atomic E-state index is 11.2. The molecule has 2 N–H and O–H groups in total. The van der Waals surface area contributed by atoms with Crippen LogP contribution in [0.1, 0.15) is 52.7 Å². The van der Waals surface area contributed by atoms with Crippen LogP contribution in [-0.2, 0) is 15.4 Å². The number of benzene rings is 1. The van der Waals surface area contributed by atoms with E-state index in [1.165, 1.54) is 0 Å². The van der Waals surface area contributed by atoms with Crippen molar-refractivity contribution in [3.63, 3.8) is 0 Å². The Morgan fingerprint density at radius 3 is 1.58 bits per heavy atom. The first kappa shape index (κ1) is 16.2. The number of para-hydroxylation sites is 1. The van der Waals surface area contributed by atoms with E-state index in [4.69, 9.17) is 14.3 Å². The molecule has 0 aromatic heterocycles. The summed E-state index contributed by atoms with van der Waals surface area (Å²) in [5, 5.41) is 0. The van der Waals surface area contributed by atoms with Gasteiger partial charge >= 0.3 is 7.82 Å². The second-order valence-corrected chi connectivity index (χ2v) is 7.93. The summed E-state index contributed by atoms with van der Waals surface area (Å²) in [7, 11) is -4.58. The second-order valence-electron chi connectivity index (χ2n) is 6.76. The number of hydrogen-bond donors (Lipinski definition) is 2. The van der Waals surface area contributed by atoms with Crippen LogP contribution < -0.4 is 4.52 Å². The maximum absolute atomic E-state index is 11.2. The van der Waals surface area contributed by atoms with Gasteiger partial charge in [-0.25, -0.2) is 4.57 Å². The van der Waals surface area contributed by atoms with Gasteiger partial charge in [0.15, 0.2) is 0 Å². The zero-order valence-corrected chi connectivity index (χ0v) is 13.3. The zero-order valence-electron chi connectivity index (χ0n) is 12.4. The summed E-state index contributed by atoms with van der Waals surface area (Å²) in [6, 6.07) is 5.59. The van der Waals surface area contributed by atoms with Gasteiger partial charge in [0.25, 0.3) is 0 Å². The Morgan fingerprint density at radius 2 is 1.32 bits per heavy atom. The van der Waals surface area contributed by atoms with Gasteiger partial charge in [0.05, 0.1) is 0 Å². The van der Waals surface area contributed by atoms with E-state index in [9.17, 15) is 4.57 Å². The molecule has 0 unspecified atom stereocenters. The number of hydrogen-bond acceptors (Lipinski definition) is 2. The molecule has 0 saturated heterocycles. The van der Waals surface area contributed by atoms with Crippen molar-refractivity contribution in [1.29, 1.82) is 0 Å². The SMILES string of the molecule is CC(C)(C)c1cccc(C(C)(C)C)c1OP(=O)(O)O. The average molecular weight is 286 g/mol. The van der Waals surface area contributed by atoms with Crippen molar-refractivity contribution >= 4 is 7.82 Å². The molecule has 0 spiro atoms. The van der Waals surface area contributed by atoms with Crippen molar-refractivity contribution in [2.24, 2.45) is 0 Å². The quantitative estimate of drug-likeness (QED) is 0.812. The van der Waals surface area contributed by atoms with Crippen molar-refractivity contribution in [2.45, 2.75) is 52.4 Å². The van der Waals surface area contributed by atoms with Gasteiger partial charge in [0, 0.05) is 11.1 Å². The highest BCUT2D eigenvalue weighted by atomic mass is 31.2. The van der Waals surface area contributed by atoms with Crippen molar-refractivity contribution in [2.75, 3.05) is 0 Å². The van der Waals surface area contributed by atoms with Crippen LogP contribution in [0.15, 0.2) is 18.2 Å². The van der Waals surface area contributed by atoms with Crippen molar-refractivity contribution < 1.29 is 18.9 Å². The molecule has 1 aromatic carbocycles. The molecule has 5 heteroatoms. The summed E-state index contributed by atoms with van der Waals surface area (Å²) >= 11 is 0. The van der Waals surface area contributed by atoms with Crippen LogP contribution in [0.5, 0.6) is 5.75 Å². The Kier molecular flexibility index (Phi) is 4.21. The molecule has 0 heterocycles. The Morgan fingerprint density at radius 1 is 0.947 bits per heavy atom. The van der Waals surface area contributed by atoms with Crippen molar-refractivity contribution in [3.8, 4) is 5.75 Å². The van der Waals surface area contributed by atoms with Crippen molar-refractivity contribution in [3.05, 3.63) is 29.3 Å². The van der Waals surface area contributed by atoms with Crippen LogP contribution in [0.3, 0.4) is 0 Å². The molecule has 4 nitrogen and oxygen atoms in total. The Hall–Kier alpha value is -0.830. The van der Waals surface area contributed by atoms with Gasteiger partial charge in [-0.2, -0.15) is 0 Å². The molecule has 1 aromatic rings. The first-order chi connectivity index (χ1) is 8.32. The van der Waals surface area contributed by atoms with Gasteiger partial charge in [0.2, 0.25) is 0 Å². The molecule has 0 aliphatic carbocycles. The van der Waals surface area contributed by atoms with E-state index in [0.717, 1.165) is 11.1 Å². The minimum absolute atomic E-state index is 0.258. The Labute approximate surface area is 115 Å². The zero-order chi connectivity index (χ0) is 15.1. The predicted molar refractivity (Wildman–Crippen MR) is 76.5 cm³/mol. The van der Waals surface area contributed by atoms with Crippen molar-refractivity contribution in [1.82, 2.24) is 0 Å². The summed E-state index contributed by atoms with van der Waals surface area (Å²) in [6.07, 6.45) is 0. The third-order valence-electron chi connectivity index (χ3n) is 2.84. The smallest absolute Gasteiger partial charge is 0.404 e. The third kappa shape index (κ3) is 4.34. The minimum atomic E-state index is -4.58. The second kappa shape index (κ2) is 4.93. The summed E-state index contributed by atoms with van der Waals surface area (Å²) in [4.78, 5) is 18.3. The lowest BCUT2D eigenvalue weighted by Gasteiger charge is -2.29. The van der Waals surface area contributed by atoms with Gasteiger partial charge in [-0.3, -0.25) is 9.79 Å². The fraction of sp³-hybridized carbons (Fsp3) is 0.571. The van der Waals surface area contributed by atoms with Crippen LogP contribution in [0.4, 0.5) is 0 Å². The Bertz CT molecular complexity index is 471. The molecule has 0 aliphatic heterocycles. The molecule has 0 bridgehead atoms. The summed E-state index contributed by atoms with van der Waals surface area (Å²) in [5.41, 5.74) is 1.07. The molecule has 0 fully saturated rings. The van der Waals surface area contributed by atoms with Crippen LogP contribution in [-0.4, -0.2) is 9.79 Å². The molecule has 108 valence electrons. The summed E-state index contributed by atoms with van der Waals surface area (Å²) in [5.74, 6) is 0.302. The molecule has 0 amide bonds.